The summed E-state index contributed by atoms with van der Waals surface area (Å²) in [6, 6.07) is 0.612. The van der Waals surface area contributed by atoms with Crippen molar-refractivity contribution in [2.45, 2.75) is 52.2 Å². The quantitative estimate of drug-likeness (QED) is 0.800. The van der Waals surface area contributed by atoms with Gasteiger partial charge in [0.15, 0.2) is 0 Å². The van der Waals surface area contributed by atoms with E-state index < -0.39 is 0 Å². The summed E-state index contributed by atoms with van der Waals surface area (Å²) in [5, 5.41) is 3.71. The summed E-state index contributed by atoms with van der Waals surface area (Å²) in [4.78, 5) is 0. The van der Waals surface area contributed by atoms with Gasteiger partial charge in [-0.1, -0.05) is 13.8 Å². The van der Waals surface area contributed by atoms with Crippen LogP contribution in [0.3, 0.4) is 0 Å². The monoisotopic (exact) mass is 241 g/mol. The molecular formula is C14H27NO2. The highest BCUT2D eigenvalue weighted by atomic mass is 16.5. The summed E-state index contributed by atoms with van der Waals surface area (Å²) >= 11 is 0. The molecule has 2 aliphatic rings. The summed E-state index contributed by atoms with van der Waals surface area (Å²) in [6.07, 6.45) is 4.14. The van der Waals surface area contributed by atoms with E-state index in [2.05, 4.69) is 26.1 Å². The van der Waals surface area contributed by atoms with E-state index in [9.17, 15) is 0 Å². The van der Waals surface area contributed by atoms with Gasteiger partial charge in [0, 0.05) is 31.2 Å². The smallest absolute Gasteiger partial charge is 0.0655 e. The molecule has 0 spiro atoms. The summed E-state index contributed by atoms with van der Waals surface area (Å²) in [5.74, 6) is 0.714. The molecule has 3 nitrogen and oxygen atoms in total. The Morgan fingerprint density at radius 3 is 2.82 bits per heavy atom. The molecule has 0 aromatic rings. The van der Waals surface area contributed by atoms with E-state index in [1.807, 2.05) is 0 Å². The fourth-order valence-corrected chi connectivity index (χ4v) is 2.99. The van der Waals surface area contributed by atoms with Crippen molar-refractivity contribution in [3.05, 3.63) is 0 Å². The number of ether oxygens (including phenoxy) is 2. The molecule has 1 aliphatic carbocycles. The Labute approximate surface area is 105 Å². The van der Waals surface area contributed by atoms with Gasteiger partial charge in [-0.15, -0.1) is 0 Å². The van der Waals surface area contributed by atoms with Gasteiger partial charge in [0.25, 0.3) is 0 Å². The maximum Gasteiger partial charge on any atom is 0.0655 e. The first kappa shape index (κ1) is 13.3. The van der Waals surface area contributed by atoms with Crippen LogP contribution in [-0.2, 0) is 9.47 Å². The molecule has 0 aromatic heterocycles. The van der Waals surface area contributed by atoms with Crippen LogP contribution in [0.2, 0.25) is 0 Å². The van der Waals surface area contributed by atoms with Crippen LogP contribution in [0.5, 0.6) is 0 Å². The number of nitrogens with one attached hydrogen (secondary N) is 1. The molecule has 17 heavy (non-hydrogen) atoms. The van der Waals surface area contributed by atoms with Crippen LogP contribution >= 0.6 is 0 Å². The Kier molecular flexibility index (Phi) is 4.45. The van der Waals surface area contributed by atoms with Crippen LogP contribution in [0.15, 0.2) is 0 Å². The molecular weight excluding hydrogens is 214 g/mol. The van der Waals surface area contributed by atoms with Gasteiger partial charge in [-0.05, 0) is 32.1 Å². The lowest BCUT2D eigenvalue weighted by Crippen LogP contribution is -2.61. The molecule has 1 heterocycles. The molecule has 1 saturated heterocycles. The first-order valence-electron chi connectivity index (χ1n) is 7.07. The standard InChI is InChI=1S/C14H27NO2/c1-4-17-13-8-12(14(13,2)3)15-9-11-6-5-7-16-10-11/h11-13,15H,4-10H2,1-3H3. The Bertz CT molecular complexity index is 236. The Balaban J connectivity index is 1.70. The largest absolute Gasteiger partial charge is 0.381 e. The molecule has 1 saturated carbocycles. The molecule has 0 amide bonds. The lowest BCUT2D eigenvalue weighted by Gasteiger charge is -2.52. The lowest BCUT2D eigenvalue weighted by molar-refractivity contribution is -0.115. The Morgan fingerprint density at radius 1 is 1.41 bits per heavy atom. The first-order valence-corrected chi connectivity index (χ1v) is 7.07. The van der Waals surface area contributed by atoms with E-state index in [-0.39, 0.29) is 5.41 Å². The zero-order valence-electron chi connectivity index (χ0n) is 11.5. The van der Waals surface area contributed by atoms with E-state index in [1.54, 1.807) is 0 Å². The molecule has 3 unspecified atom stereocenters. The SMILES string of the molecule is CCOC1CC(NCC2CCCOC2)C1(C)C. The number of hydrogen-bond donors (Lipinski definition) is 1. The topological polar surface area (TPSA) is 30.5 Å². The Morgan fingerprint density at radius 2 is 2.24 bits per heavy atom. The van der Waals surface area contributed by atoms with Gasteiger partial charge in [0.1, 0.15) is 0 Å². The first-order chi connectivity index (χ1) is 8.14. The van der Waals surface area contributed by atoms with Gasteiger partial charge in [-0.2, -0.15) is 0 Å². The van der Waals surface area contributed by atoms with E-state index in [1.165, 1.54) is 12.8 Å². The molecule has 0 bridgehead atoms. The summed E-state index contributed by atoms with van der Waals surface area (Å²) in [6.45, 7) is 10.5. The third-order valence-corrected chi connectivity index (χ3v) is 4.45. The predicted octanol–water partition coefficient (Wildman–Crippen LogP) is 2.21. The molecule has 2 fully saturated rings. The molecule has 3 heteroatoms. The van der Waals surface area contributed by atoms with Crippen molar-refractivity contribution >= 4 is 0 Å². The minimum atomic E-state index is 0.283. The number of rotatable bonds is 5. The van der Waals surface area contributed by atoms with E-state index in [0.717, 1.165) is 32.8 Å². The van der Waals surface area contributed by atoms with Gasteiger partial charge in [0.2, 0.25) is 0 Å². The highest BCUT2D eigenvalue weighted by Crippen LogP contribution is 2.42. The van der Waals surface area contributed by atoms with Crippen molar-refractivity contribution < 1.29 is 9.47 Å². The minimum Gasteiger partial charge on any atom is -0.381 e. The third kappa shape index (κ3) is 3.01. The summed E-state index contributed by atoms with van der Waals surface area (Å²) < 4.78 is 11.3. The van der Waals surface area contributed by atoms with Gasteiger partial charge in [-0.3, -0.25) is 0 Å². The van der Waals surface area contributed by atoms with Crippen LogP contribution in [0.1, 0.15) is 40.0 Å². The molecule has 1 N–H and O–H groups in total. The zero-order valence-corrected chi connectivity index (χ0v) is 11.5. The van der Waals surface area contributed by atoms with Crippen molar-refractivity contribution in [1.82, 2.24) is 5.32 Å². The highest BCUT2D eigenvalue weighted by molar-refractivity contribution is 5.02. The van der Waals surface area contributed by atoms with Crippen LogP contribution in [0.4, 0.5) is 0 Å². The molecule has 100 valence electrons. The molecule has 0 radical (unpaired) electrons. The van der Waals surface area contributed by atoms with Crippen molar-refractivity contribution in [3.63, 3.8) is 0 Å². The van der Waals surface area contributed by atoms with Gasteiger partial charge >= 0.3 is 0 Å². The second-order valence-electron chi connectivity index (χ2n) is 6.05. The minimum absolute atomic E-state index is 0.283. The maximum atomic E-state index is 5.75. The fourth-order valence-electron chi connectivity index (χ4n) is 2.99. The lowest BCUT2D eigenvalue weighted by atomic mass is 9.64. The third-order valence-electron chi connectivity index (χ3n) is 4.45. The average molecular weight is 241 g/mol. The second kappa shape index (κ2) is 5.68. The van der Waals surface area contributed by atoms with E-state index >= 15 is 0 Å². The zero-order chi connectivity index (χ0) is 12.3. The van der Waals surface area contributed by atoms with Gasteiger partial charge in [-0.25, -0.2) is 0 Å². The molecule has 2 rings (SSSR count). The predicted molar refractivity (Wildman–Crippen MR) is 69.1 cm³/mol. The van der Waals surface area contributed by atoms with Crippen LogP contribution in [0, 0.1) is 11.3 Å². The Hall–Kier alpha value is -0.120. The van der Waals surface area contributed by atoms with Crippen molar-refractivity contribution in [2.24, 2.45) is 11.3 Å². The summed E-state index contributed by atoms with van der Waals surface area (Å²) in [7, 11) is 0. The molecule has 0 aromatic carbocycles. The highest BCUT2D eigenvalue weighted by Gasteiger charge is 2.48. The van der Waals surface area contributed by atoms with Gasteiger partial charge < -0.3 is 14.8 Å². The van der Waals surface area contributed by atoms with Crippen LogP contribution in [-0.4, -0.2) is 38.5 Å². The normalized spacial score (nSPS) is 36.5. The van der Waals surface area contributed by atoms with Crippen molar-refractivity contribution in [1.29, 1.82) is 0 Å². The average Bonchev–Trinajstić information content (AvgIpc) is 2.34. The van der Waals surface area contributed by atoms with E-state index in [4.69, 9.17) is 9.47 Å². The fraction of sp³-hybridized carbons (Fsp3) is 1.00. The van der Waals surface area contributed by atoms with Crippen LogP contribution in [0.25, 0.3) is 0 Å². The second-order valence-corrected chi connectivity index (χ2v) is 6.05. The van der Waals surface area contributed by atoms with Crippen molar-refractivity contribution in [2.75, 3.05) is 26.4 Å². The van der Waals surface area contributed by atoms with Crippen molar-refractivity contribution in [3.8, 4) is 0 Å². The maximum absolute atomic E-state index is 5.75. The van der Waals surface area contributed by atoms with Crippen LogP contribution < -0.4 is 5.32 Å². The van der Waals surface area contributed by atoms with Gasteiger partial charge in [0.05, 0.1) is 12.7 Å². The summed E-state index contributed by atoms with van der Waals surface area (Å²) in [5.41, 5.74) is 0.283. The molecule has 3 atom stereocenters. The number of hydrogen-bond acceptors (Lipinski definition) is 3. The van der Waals surface area contributed by atoms with E-state index in [0.29, 0.717) is 18.1 Å². The molecule has 1 aliphatic heterocycles.